The summed E-state index contributed by atoms with van der Waals surface area (Å²) in [5.74, 6) is 6.83. The molecule has 4 nitrogen and oxygen atoms in total. The summed E-state index contributed by atoms with van der Waals surface area (Å²) in [4.78, 5) is 4.03. The minimum Gasteiger partial charge on any atom is -0.497 e. The van der Waals surface area contributed by atoms with Gasteiger partial charge in [0.25, 0.3) is 0 Å². The van der Waals surface area contributed by atoms with Crippen LogP contribution in [0.5, 0.6) is 5.75 Å². The molecule has 0 aliphatic heterocycles. The Morgan fingerprint density at radius 2 is 2.32 bits per heavy atom. The molecular weight excluding hydrogens is 240 g/mol. The highest BCUT2D eigenvalue weighted by molar-refractivity contribution is 5.45. The molecule has 1 N–H and O–H groups in total. The highest BCUT2D eigenvalue weighted by atomic mass is 16.5. The van der Waals surface area contributed by atoms with E-state index in [4.69, 9.17) is 9.84 Å². The molecule has 0 saturated carbocycles. The van der Waals surface area contributed by atoms with Crippen LogP contribution >= 0.6 is 0 Å². The Bertz CT molecular complexity index is 580. The fourth-order valence-electron chi connectivity index (χ4n) is 1.74. The fourth-order valence-corrected chi connectivity index (χ4v) is 1.74. The normalized spacial score (nSPS) is 9.79. The van der Waals surface area contributed by atoms with Gasteiger partial charge in [0, 0.05) is 30.9 Å². The van der Waals surface area contributed by atoms with E-state index >= 15 is 0 Å². The number of ether oxygens (including phenoxy) is 1. The first-order valence-corrected chi connectivity index (χ1v) is 6.06. The lowest BCUT2D eigenvalue weighted by Gasteiger charge is -2.08. The summed E-state index contributed by atoms with van der Waals surface area (Å²) < 4.78 is 7.22. The number of nitrogens with zero attached hydrogens (tertiary/aromatic N) is 2. The van der Waals surface area contributed by atoms with Crippen LogP contribution in [0.2, 0.25) is 0 Å². The Morgan fingerprint density at radius 3 is 3.00 bits per heavy atom. The van der Waals surface area contributed by atoms with Crippen molar-refractivity contribution in [2.45, 2.75) is 13.0 Å². The Hall–Kier alpha value is -2.25. The average molecular weight is 256 g/mol. The van der Waals surface area contributed by atoms with Gasteiger partial charge in [0.05, 0.1) is 20.0 Å². The molecule has 0 saturated heterocycles. The van der Waals surface area contributed by atoms with Crippen molar-refractivity contribution in [3.05, 3.63) is 48.0 Å². The molecule has 1 aromatic heterocycles. The van der Waals surface area contributed by atoms with E-state index in [9.17, 15) is 0 Å². The highest BCUT2D eigenvalue weighted by Gasteiger charge is 2.03. The summed E-state index contributed by atoms with van der Waals surface area (Å²) in [5, 5.41) is 8.77. The minimum absolute atomic E-state index is 0.0833. The summed E-state index contributed by atoms with van der Waals surface area (Å²) in [6.45, 7) is 0.778. The monoisotopic (exact) mass is 256 g/mol. The van der Waals surface area contributed by atoms with E-state index in [1.165, 1.54) is 0 Å². The Labute approximate surface area is 112 Å². The molecule has 19 heavy (non-hydrogen) atoms. The van der Waals surface area contributed by atoms with Crippen LogP contribution in [0.1, 0.15) is 17.5 Å². The first kappa shape index (κ1) is 13.2. The van der Waals surface area contributed by atoms with Gasteiger partial charge >= 0.3 is 0 Å². The van der Waals surface area contributed by atoms with E-state index in [0.717, 1.165) is 16.9 Å². The van der Waals surface area contributed by atoms with Crippen molar-refractivity contribution >= 4 is 0 Å². The predicted octanol–water partition coefficient (Wildman–Crippen LogP) is 1.67. The summed E-state index contributed by atoms with van der Waals surface area (Å²) in [7, 11) is 1.65. The number of imidazole rings is 1. The third-order valence-electron chi connectivity index (χ3n) is 2.68. The number of rotatable bonds is 4. The topological polar surface area (TPSA) is 47.3 Å². The van der Waals surface area contributed by atoms with Crippen molar-refractivity contribution in [3.8, 4) is 17.6 Å². The molecule has 0 aliphatic rings. The second-order valence-electron chi connectivity index (χ2n) is 4.03. The molecule has 0 spiro atoms. The zero-order chi connectivity index (χ0) is 13.5. The van der Waals surface area contributed by atoms with Gasteiger partial charge in [0.1, 0.15) is 5.75 Å². The number of benzene rings is 1. The summed E-state index contributed by atoms with van der Waals surface area (Å²) in [6, 6.07) is 5.80. The van der Waals surface area contributed by atoms with Gasteiger partial charge in [-0.25, -0.2) is 4.98 Å². The van der Waals surface area contributed by atoms with Crippen LogP contribution in [0.3, 0.4) is 0 Å². The number of aromatic nitrogens is 2. The molecule has 0 fully saturated rings. The van der Waals surface area contributed by atoms with Crippen LogP contribution in [0.15, 0.2) is 36.9 Å². The van der Waals surface area contributed by atoms with Crippen molar-refractivity contribution in [2.24, 2.45) is 0 Å². The molecule has 0 aliphatic carbocycles. The van der Waals surface area contributed by atoms with Crippen molar-refractivity contribution in [1.29, 1.82) is 0 Å². The van der Waals surface area contributed by atoms with Crippen molar-refractivity contribution in [1.82, 2.24) is 9.55 Å². The Balaban J connectivity index is 2.29. The van der Waals surface area contributed by atoms with Gasteiger partial charge in [-0.3, -0.25) is 0 Å². The molecule has 2 aromatic rings. The van der Waals surface area contributed by atoms with E-state index in [-0.39, 0.29) is 6.61 Å². The summed E-state index contributed by atoms with van der Waals surface area (Å²) >= 11 is 0. The molecule has 4 heteroatoms. The molecule has 98 valence electrons. The number of aliphatic hydroxyl groups is 1. The molecule has 0 unspecified atom stereocenters. The van der Waals surface area contributed by atoms with Crippen LogP contribution in [0, 0.1) is 11.8 Å². The van der Waals surface area contributed by atoms with Crippen LogP contribution < -0.4 is 4.74 Å². The quantitative estimate of drug-likeness (QED) is 0.847. The van der Waals surface area contributed by atoms with E-state index < -0.39 is 0 Å². The number of hydrogen-bond acceptors (Lipinski definition) is 3. The lowest BCUT2D eigenvalue weighted by Crippen LogP contribution is -2.00. The zero-order valence-corrected chi connectivity index (χ0v) is 10.8. The van der Waals surface area contributed by atoms with Crippen molar-refractivity contribution < 1.29 is 9.84 Å². The largest absolute Gasteiger partial charge is 0.497 e. The third kappa shape index (κ3) is 3.60. The van der Waals surface area contributed by atoms with Gasteiger partial charge in [-0.05, 0) is 23.8 Å². The average Bonchev–Trinajstić information content (AvgIpc) is 2.93. The SMILES string of the molecule is COc1ccc(C#CCCO)c(Cn2ccnc2)c1. The van der Waals surface area contributed by atoms with Crippen LogP contribution in [-0.2, 0) is 6.54 Å². The third-order valence-corrected chi connectivity index (χ3v) is 2.68. The Kier molecular flexibility index (Phi) is 4.60. The van der Waals surface area contributed by atoms with E-state index in [2.05, 4.69) is 16.8 Å². The van der Waals surface area contributed by atoms with Gasteiger partial charge in [0.15, 0.2) is 0 Å². The van der Waals surface area contributed by atoms with Gasteiger partial charge in [0.2, 0.25) is 0 Å². The zero-order valence-electron chi connectivity index (χ0n) is 10.8. The molecule has 2 rings (SSSR count). The molecular formula is C15H16N2O2. The van der Waals surface area contributed by atoms with Crippen molar-refractivity contribution in [3.63, 3.8) is 0 Å². The molecule has 0 amide bonds. The molecule has 0 bridgehead atoms. The lowest BCUT2D eigenvalue weighted by molar-refractivity contribution is 0.305. The van der Waals surface area contributed by atoms with E-state index in [0.29, 0.717) is 13.0 Å². The fraction of sp³-hybridized carbons (Fsp3) is 0.267. The predicted molar refractivity (Wildman–Crippen MR) is 72.9 cm³/mol. The first-order chi connectivity index (χ1) is 9.33. The van der Waals surface area contributed by atoms with E-state index in [1.807, 2.05) is 29.0 Å². The van der Waals surface area contributed by atoms with E-state index in [1.54, 1.807) is 19.6 Å². The first-order valence-electron chi connectivity index (χ1n) is 6.06. The van der Waals surface area contributed by atoms with Crippen LogP contribution in [-0.4, -0.2) is 28.4 Å². The summed E-state index contributed by atoms with van der Waals surface area (Å²) in [6.07, 6.45) is 5.91. The molecule has 1 heterocycles. The second-order valence-corrected chi connectivity index (χ2v) is 4.03. The minimum atomic E-state index is 0.0833. The molecule has 1 aromatic carbocycles. The van der Waals surface area contributed by atoms with Crippen LogP contribution in [0.25, 0.3) is 0 Å². The van der Waals surface area contributed by atoms with Crippen molar-refractivity contribution in [2.75, 3.05) is 13.7 Å². The maximum absolute atomic E-state index is 8.77. The van der Waals surface area contributed by atoms with Gasteiger partial charge < -0.3 is 14.4 Å². The Morgan fingerprint density at radius 1 is 1.42 bits per heavy atom. The van der Waals surface area contributed by atoms with Gasteiger partial charge in [-0.2, -0.15) is 0 Å². The van der Waals surface area contributed by atoms with Crippen LogP contribution in [0.4, 0.5) is 0 Å². The lowest BCUT2D eigenvalue weighted by atomic mass is 10.1. The number of hydrogen-bond donors (Lipinski definition) is 1. The highest BCUT2D eigenvalue weighted by Crippen LogP contribution is 2.18. The maximum atomic E-state index is 8.77. The number of methoxy groups -OCH3 is 1. The number of aliphatic hydroxyl groups excluding tert-OH is 1. The molecule has 0 atom stereocenters. The maximum Gasteiger partial charge on any atom is 0.119 e. The van der Waals surface area contributed by atoms with Gasteiger partial charge in [-0.1, -0.05) is 11.8 Å². The standard InChI is InChI=1S/C15H16N2O2/c1-19-15-6-5-13(4-2-3-9-18)14(10-15)11-17-8-7-16-12-17/h5-8,10,12,18H,3,9,11H2,1H3. The molecule has 0 radical (unpaired) electrons. The second kappa shape index (κ2) is 6.62. The van der Waals surface area contributed by atoms with Gasteiger partial charge in [-0.15, -0.1) is 0 Å². The smallest absolute Gasteiger partial charge is 0.119 e. The summed E-state index contributed by atoms with van der Waals surface area (Å²) in [5.41, 5.74) is 2.02.